The second-order valence-electron chi connectivity index (χ2n) is 7.05. The lowest BCUT2D eigenvalue weighted by Crippen LogP contribution is -2.31. The number of rotatable bonds is 5. The van der Waals surface area contributed by atoms with E-state index in [1.54, 1.807) is 11.9 Å². The third kappa shape index (κ3) is 4.32. The predicted molar refractivity (Wildman–Crippen MR) is 118 cm³/mol. The van der Waals surface area contributed by atoms with Crippen LogP contribution < -0.4 is 0 Å². The number of aliphatic carboxylic acids is 1. The van der Waals surface area contributed by atoms with Gasteiger partial charge < -0.3 is 10.0 Å². The molecule has 0 amide bonds. The van der Waals surface area contributed by atoms with Gasteiger partial charge in [0.1, 0.15) is 11.5 Å². The number of thiocarbonyl (C=S) groups is 1. The van der Waals surface area contributed by atoms with Crippen molar-refractivity contribution in [2.75, 3.05) is 13.6 Å². The van der Waals surface area contributed by atoms with Gasteiger partial charge in [0.15, 0.2) is 0 Å². The average molecular weight is 413 g/mol. The van der Waals surface area contributed by atoms with E-state index in [1.165, 1.54) is 5.56 Å². The van der Waals surface area contributed by atoms with E-state index in [0.717, 1.165) is 27.7 Å². The summed E-state index contributed by atoms with van der Waals surface area (Å²) in [6.07, 6.45) is 0. The fourth-order valence-corrected chi connectivity index (χ4v) is 3.39. The molecule has 0 aliphatic heterocycles. The minimum Gasteiger partial charge on any atom is -0.480 e. The first-order valence-electron chi connectivity index (χ1n) is 8.94. The van der Waals surface area contributed by atoms with Gasteiger partial charge in [-0.1, -0.05) is 55.9 Å². The molecule has 0 unspecified atom stereocenters. The van der Waals surface area contributed by atoms with Crippen molar-refractivity contribution in [3.63, 3.8) is 0 Å². The number of fused-ring (bicyclic) bond motifs is 1. The molecular formula is C22H21ClN2O2S. The molecule has 0 atom stereocenters. The molecule has 0 fully saturated rings. The van der Waals surface area contributed by atoms with Crippen LogP contribution >= 0.6 is 23.8 Å². The molecule has 0 saturated carbocycles. The Morgan fingerprint density at radius 3 is 2.46 bits per heavy atom. The molecule has 2 aromatic carbocycles. The quantitative estimate of drug-likeness (QED) is 0.571. The Morgan fingerprint density at radius 2 is 1.86 bits per heavy atom. The number of carbonyl (C=O) groups is 1. The summed E-state index contributed by atoms with van der Waals surface area (Å²) in [6, 6.07) is 15.5. The molecule has 6 heteroatoms. The van der Waals surface area contributed by atoms with Crippen molar-refractivity contribution < 1.29 is 9.90 Å². The van der Waals surface area contributed by atoms with Crippen LogP contribution in [0.5, 0.6) is 0 Å². The number of halogens is 1. The Kier molecular flexibility index (Phi) is 5.96. The van der Waals surface area contributed by atoms with Crippen molar-refractivity contribution in [3.8, 4) is 11.3 Å². The third-order valence-corrected chi connectivity index (χ3v) is 5.37. The highest BCUT2D eigenvalue weighted by molar-refractivity contribution is 7.80. The summed E-state index contributed by atoms with van der Waals surface area (Å²) in [6.45, 7) is 4.10. The molecule has 1 aromatic heterocycles. The van der Waals surface area contributed by atoms with Crippen molar-refractivity contribution in [1.29, 1.82) is 0 Å². The van der Waals surface area contributed by atoms with Gasteiger partial charge in [-0.05, 0) is 41.8 Å². The van der Waals surface area contributed by atoms with Gasteiger partial charge in [-0.25, -0.2) is 4.98 Å². The zero-order chi connectivity index (χ0) is 20.4. The second-order valence-corrected chi connectivity index (χ2v) is 7.87. The molecule has 1 N–H and O–H groups in total. The molecule has 3 rings (SSSR count). The maximum Gasteiger partial charge on any atom is 0.323 e. The molecule has 0 aliphatic carbocycles. The van der Waals surface area contributed by atoms with Gasteiger partial charge in [0.2, 0.25) is 0 Å². The molecule has 3 aromatic rings. The van der Waals surface area contributed by atoms with Crippen molar-refractivity contribution in [1.82, 2.24) is 9.88 Å². The smallest absolute Gasteiger partial charge is 0.323 e. The number of benzene rings is 2. The van der Waals surface area contributed by atoms with E-state index < -0.39 is 5.97 Å². The topological polar surface area (TPSA) is 53.4 Å². The highest BCUT2D eigenvalue weighted by Crippen LogP contribution is 2.29. The zero-order valence-corrected chi connectivity index (χ0v) is 17.5. The summed E-state index contributed by atoms with van der Waals surface area (Å²) >= 11 is 11.7. The van der Waals surface area contributed by atoms with Crippen LogP contribution in [0.25, 0.3) is 22.2 Å². The number of hydrogen-bond acceptors (Lipinski definition) is 3. The molecule has 28 heavy (non-hydrogen) atoms. The third-order valence-electron chi connectivity index (χ3n) is 4.59. The Labute approximate surface area is 174 Å². The summed E-state index contributed by atoms with van der Waals surface area (Å²) in [5, 5.41) is 10.7. The normalized spacial score (nSPS) is 11.0. The highest BCUT2D eigenvalue weighted by atomic mass is 35.5. The second kappa shape index (κ2) is 8.25. The van der Waals surface area contributed by atoms with Crippen LogP contribution in [0, 0.1) is 0 Å². The standard InChI is InChI=1S/C22H21ClN2O2S/c1-13(2)15-6-9-19-17(10-15)18(22(28)25(3)12-21(26)27)11-20(24-19)14-4-7-16(23)8-5-14/h4-11,13H,12H2,1-3H3,(H,26,27). The number of hydrogen-bond donors (Lipinski definition) is 1. The molecule has 0 spiro atoms. The van der Waals surface area contributed by atoms with Crippen molar-refractivity contribution in [2.45, 2.75) is 19.8 Å². The van der Waals surface area contributed by atoms with Crippen LogP contribution in [-0.2, 0) is 4.79 Å². The molecular weight excluding hydrogens is 392 g/mol. The Hall–Kier alpha value is -2.50. The minimum absolute atomic E-state index is 0.164. The Balaban J connectivity index is 2.20. The fourth-order valence-electron chi connectivity index (χ4n) is 3.03. The number of pyridine rings is 1. The van der Waals surface area contributed by atoms with Gasteiger partial charge in [0, 0.05) is 28.6 Å². The van der Waals surface area contributed by atoms with Crippen LogP contribution in [0.3, 0.4) is 0 Å². The summed E-state index contributed by atoms with van der Waals surface area (Å²) in [7, 11) is 1.69. The van der Waals surface area contributed by atoms with E-state index in [-0.39, 0.29) is 6.54 Å². The number of carboxylic acids is 1. The van der Waals surface area contributed by atoms with E-state index in [2.05, 4.69) is 26.0 Å². The zero-order valence-electron chi connectivity index (χ0n) is 15.9. The van der Waals surface area contributed by atoms with Crippen molar-refractivity contribution in [3.05, 3.63) is 64.7 Å². The predicted octanol–water partition coefficient (Wildman–Crippen LogP) is 5.37. The lowest BCUT2D eigenvalue weighted by molar-refractivity contribution is -0.137. The lowest BCUT2D eigenvalue weighted by Gasteiger charge is -2.20. The van der Waals surface area contributed by atoms with Crippen LogP contribution in [-0.4, -0.2) is 39.5 Å². The van der Waals surface area contributed by atoms with Crippen LogP contribution in [0.2, 0.25) is 5.02 Å². The van der Waals surface area contributed by atoms with Gasteiger partial charge in [-0.2, -0.15) is 0 Å². The van der Waals surface area contributed by atoms with Gasteiger partial charge in [0.25, 0.3) is 0 Å². The van der Waals surface area contributed by atoms with Crippen molar-refractivity contribution in [2.24, 2.45) is 0 Å². The summed E-state index contributed by atoms with van der Waals surface area (Å²) in [5.41, 5.74) is 4.49. The van der Waals surface area contributed by atoms with E-state index in [1.807, 2.05) is 36.4 Å². The average Bonchev–Trinajstić information content (AvgIpc) is 2.66. The van der Waals surface area contributed by atoms with Crippen LogP contribution in [0.1, 0.15) is 30.9 Å². The van der Waals surface area contributed by atoms with E-state index in [9.17, 15) is 4.79 Å². The maximum absolute atomic E-state index is 11.1. The highest BCUT2D eigenvalue weighted by Gasteiger charge is 2.17. The lowest BCUT2D eigenvalue weighted by atomic mass is 9.97. The number of aromatic nitrogens is 1. The van der Waals surface area contributed by atoms with E-state index in [0.29, 0.717) is 15.9 Å². The SMILES string of the molecule is CC(C)c1ccc2nc(-c3ccc(Cl)cc3)cc(C(=S)N(C)CC(=O)O)c2c1. The fraction of sp³-hybridized carbons (Fsp3) is 0.227. The Bertz CT molecular complexity index is 1050. The van der Waals surface area contributed by atoms with E-state index >= 15 is 0 Å². The molecule has 0 aliphatic rings. The first-order valence-corrected chi connectivity index (χ1v) is 9.72. The first-order chi connectivity index (χ1) is 13.3. The maximum atomic E-state index is 11.1. The van der Waals surface area contributed by atoms with Gasteiger partial charge in [-0.15, -0.1) is 0 Å². The molecule has 4 nitrogen and oxygen atoms in total. The molecule has 0 bridgehead atoms. The molecule has 0 saturated heterocycles. The summed E-state index contributed by atoms with van der Waals surface area (Å²) < 4.78 is 0. The largest absolute Gasteiger partial charge is 0.480 e. The summed E-state index contributed by atoms with van der Waals surface area (Å²) in [5.74, 6) is -0.567. The molecule has 0 radical (unpaired) electrons. The van der Waals surface area contributed by atoms with Gasteiger partial charge in [-0.3, -0.25) is 4.79 Å². The molecule has 144 valence electrons. The Morgan fingerprint density at radius 1 is 1.18 bits per heavy atom. The van der Waals surface area contributed by atoms with Gasteiger partial charge >= 0.3 is 5.97 Å². The number of carboxylic acid groups (broad SMARTS) is 1. The van der Waals surface area contributed by atoms with Crippen molar-refractivity contribution >= 4 is 45.7 Å². The minimum atomic E-state index is -0.927. The number of nitrogens with zero attached hydrogens (tertiary/aromatic N) is 2. The monoisotopic (exact) mass is 412 g/mol. The first kappa shape index (κ1) is 20.2. The van der Waals surface area contributed by atoms with Crippen LogP contribution in [0.4, 0.5) is 0 Å². The number of likely N-dealkylation sites (N-methyl/N-ethyl adjacent to an activating group) is 1. The molecule has 1 heterocycles. The van der Waals surface area contributed by atoms with Crippen LogP contribution in [0.15, 0.2) is 48.5 Å². The van der Waals surface area contributed by atoms with Gasteiger partial charge in [0.05, 0.1) is 11.2 Å². The van der Waals surface area contributed by atoms with E-state index in [4.69, 9.17) is 33.9 Å². The summed E-state index contributed by atoms with van der Waals surface area (Å²) in [4.78, 5) is 18.0.